The molecule has 0 aliphatic heterocycles. The van der Waals surface area contributed by atoms with Crippen LogP contribution in [0.5, 0.6) is 0 Å². The van der Waals surface area contributed by atoms with E-state index in [0.717, 1.165) is 22.4 Å². The second-order valence-corrected chi connectivity index (χ2v) is 11.5. The predicted octanol–water partition coefficient (Wildman–Crippen LogP) is 5.27. The van der Waals surface area contributed by atoms with Gasteiger partial charge in [0.2, 0.25) is 0 Å². The molecule has 22 heavy (non-hydrogen) atoms. The summed E-state index contributed by atoms with van der Waals surface area (Å²) in [6.45, 7) is 0. The maximum absolute atomic E-state index is 4.94. The Kier molecular flexibility index (Phi) is 7.21. The van der Waals surface area contributed by atoms with E-state index >= 15 is 0 Å². The molecule has 0 radical (unpaired) electrons. The van der Waals surface area contributed by atoms with Crippen LogP contribution in [0.2, 0.25) is 0 Å². The first-order valence-electron chi connectivity index (χ1n) is 6.09. The van der Waals surface area contributed by atoms with Crippen molar-refractivity contribution in [2.75, 3.05) is 0 Å². The predicted molar refractivity (Wildman–Crippen MR) is 88.3 cm³/mol. The van der Waals surface area contributed by atoms with Gasteiger partial charge in [0.25, 0.3) is 0 Å². The molecular weight excluding hydrogens is 431 g/mol. The zero-order chi connectivity index (χ0) is 15.8. The fourth-order valence-electron chi connectivity index (χ4n) is 1.89. The van der Waals surface area contributed by atoms with Gasteiger partial charge in [-0.15, -0.1) is 0 Å². The molecule has 0 spiro atoms. The maximum Gasteiger partial charge on any atom is 0.0796 e. The van der Waals surface area contributed by atoms with Gasteiger partial charge in [-0.25, -0.2) is 0 Å². The Bertz CT molecular complexity index is 635. The van der Waals surface area contributed by atoms with E-state index < -0.39 is 13.0 Å². The SMILES string of the molecule is [Cl][Rh]([Cl])[Cl].c1cncc(-c2cccnc2-c2cccnc2)c1. The number of aromatic nitrogens is 3. The molecular formula is C15H11Cl3N3Rh. The van der Waals surface area contributed by atoms with Crippen molar-refractivity contribution in [2.45, 2.75) is 0 Å². The number of pyridine rings is 3. The maximum atomic E-state index is 4.94. The van der Waals surface area contributed by atoms with Crippen LogP contribution in [-0.4, -0.2) is 15.0 Å². The Morgan fingerprint density at radius 1 is 0.727 bits per heavy atom. The molecule has 0 aromatic carbocycles. The molecule has 0 aliphatic carbocycles. The summed E-state index contributed by atoms with van der Waals surface area (Å²) in [7, 11) is 14.8. The third-order valence-electron chi connectivity index (χ3n) is 2.72. The molecule has 3 aromatic rings. The summed E-state index contributed by atoms with van der Waals surface area (Å²) < 4.78 is 0. The molecule has 3 nitrogen and oxygen atoms in total. The number of halogens is 3. The van der Waals surface area contributed by atoms with Crippen LogP contribution < -0.4 is 0 Å². The van der Waals surface area contributed by atoms with Gasteiger partial charge in [-0.2, -0.15) is 0 Å². The minimum absolute atomic E-state index is 0.929. The van der Waals surface area contributed by atoms with Crippen LogP contribution in [0.3, 0.4) is 0 Å². The van der Waals surface area contributed by atoms with Crippen molar-refractivity contribution in [1.29, 1.82) is 0 Å². The van der Waals surface area contributed by atoms with Gasteiger partial charge in [0, 0.05) is 47.7 Å². The largest absolute Gasteiger partial charge is 0.264 e. The van der Waals surface area contributed by atoms with Gasteiger partial charge in [0.05, 0.1) is 5.69 Å². The zero-order valence-corrected chi connectivity index (χ0v) is 15.1. The molecule has 3 rings (SSSR count). The Labute approximate surface area is 146 Å². The normalized spacial score (nSPS) is 10.4. The van der Waals surface area contributed by atoms with Crippen molar-refractivity contribution >= 4 is 29.1 Å². The van der Waals surface area contributed by atoms with Gasteiger partial charge < -0.3 is 0 Å². The summed E-state index contributed by atoms with van der Waals surface area (Å²) in [5.41, 5.74) is 4.07. The Balaban J connectivity index is 0.000000396. The fraction of sp³-hybridized carbons (Fsp3) is 0. The van der Waals surface area contributed by atoms with Crippen molar-refractivity contribution in [3.8, 4) is 22.4 Å². The van der Waals surface area contributed by atoms with Gasteiger partial charge in [-0.05, 0) is 24.3 Å². The van der Waals surface area contributed by atoms with Gasteiger partial charge in [-0.1, -0.05) is 12.1 Å². The van der Waals surface area contributed by atoms with Crippen LogP contribution in [0.1, 0.15) is 0 Å². The first kappa shape index (κ1) is 17.3. The van der Waals surface area contributed by atoms with Crippen molar-refractivity contribution in [2.24, 2.45) is 0 Å². The van der Waals surface area contributed by atoms with Crippen LogP contribution in [0.15, 0.2) is 67.4 Å². The average molecular weight is 443 g/mol. The van der Waals surface area contributed by atoms with E-state index in [4.69, 9.17) is 29.1 Å². The molecule has 7 heteroatoms. The van der Waals surface area contributed by atoms with Gasteiger partial charge >= 0.3 is 42.1 Å². The summed E-state index contributed by atoms with van der Waals surface area (Å²) in [5, 5.41) is 0. The summed E-state index contributed by atoms with van der Waals surface area (Å²) in [6.07, 6.45) is 8.99. The van der Waals surface area contributed by atoms with Crippen LogP contribution in [0.25, 0.3) is 22.4 Å². The number of hydrogen-bond acceptors (Lipinski definition) is 3. The zero-order valence-electron chi connectivity index (χ0n) is 11.2. The molecule has 0 N–H and O–H groups in total. The van der Waals surface area contributed by atoms with E-state index in [-0.39, 0.29) is 0 Å². The average Bonchev–Trinajstić information content (AvgIpc) is 2.56. The summed E-state index contributed by atoms with van der Waals surface area (Å²) >= 11 is -1.66. The summed E-state index contributed by atoms with van der Waals surface area (Å²) in [6, 6.07) is 11.9. The number of hydrogen-bond donors (Lipinski definition) is 0. The second kappa shape index (κ2) is 9.17. The topological polar surface area (TPSA) is 38.7 Å². The van der Waals surface area contributed by atoms with Crippen LogP contribution >= 0.6 is 29.1 Å². The molecule has 116 valence electrons. The van der Waals surface area contributed by atoms with Gasteiger partial charge in [0.1, 0.15) is 0 Å². The molecule has 0 unspecified atom stereocenters. The van der Waals surface area contributed by atoms with Crippen molar-refractivity contribution < 1.29 is 13.0 Å². The Morgan fingerprint density at radius 3 is 1.82 bits per heavy atom. The summed E-state index contributed by atoms with van der Waals surface area (Å²) in [5.74, 6) is 0. The van der Waals surface area contributed by atoms with E-state index in [1.54, 1.807) is 18.6 Å². The van der Waals surface area contributed by atoms with E-state index in [2.05, 4.69) is 15.0 Å². The third-order valence-corrected chi connectivity index (χ3v) is 2.72. The Morgan fingerprint density at radius 2 is 1.27 bits per heavy atom. The molecule has 0 saturated carbocycles. The standard InChI is InChI=1S/C15H11N3.3ClH.Rh/c1-4-12(10-16-7-1)14-6-3-9-18-15(14)13-5-2-8-17-11-13;;;;/h1-11H;3*1H;/q;;;;+3/p-3. The van der Waals surface area contributed by atoms with Gasteiger partial charge in [0.15, 0.2) is 0 Å². The second-order valence-electron chi connectivity index (χ2n) is 4.03. The van der Waals surface area contributed by atoms with E-state index in [9.17, 15) is 0 Å². The molecule has 0 amide bonds. The number of rotatable bonds is 2. The first-order chi connectivity index (χ1) is 10.7. The molecule has 0 aliphatic rings. The fourth-order valence-corrected chi connectivity index (χ4v) is 1.89. The van der Waals surface area contributed by atoms with Crippen LogP contribution in [-0.2, 0) is 13.0 Å². The molecule has 0 atom stereocenters. The van der Waals surface area contributed by atoms with Crippen LogP contribution in [0.4, 0.5) is 0 Å². The monoisotopic (exact) mass is 441 g/mol. The molecule has 3 heterocycles. The van der Waals surface area contributed by atoms with Crippen molar-refractivity contribution in [3.63, 3.8) is 0 Å². The molecule has 3 aromatic heterocycles. The van der Waals surface area contributed by atoms with E-state index in [1.807, 2.05) is 48.8 Å². The van der Waals surface area contributed by atoms with Gasteiger partial charge in [-0.3, -0.25) is 15.0 Å². The number of nitrogens with zero attached hydrogens (tertiary/aromatic N) is 3. The van der Waals surface area contributed by atoms with E-state index in [0.29, 0.717) is 0 Å². The first-order valence-corrected chi connectivity index (χ1v) is 12.4. The van der Waals surface area contributed by atoms with Crippen LogP contribution in [0, 0.1) is 0 Å². The molecule has 0 saturated heterocycles. The summed E-state index contributed by atoms with van der Waals surface area (Å²) in [4.78, 5) is 12.8. The minimum Gasteiger partial charge on any atom is -0.264 e. The third kappa shape index (κ3) is 5.29. The molecule has 0 fully saturated rings. The smallest absolute Gasteiger partial charge is 0.0796 e. The molecule has 0 bridgehead atoms. The van der Waals surface area contributed by atoms with E-state index in [1.165, 1.54) is 0 Å². The Hall–Kier alpha value is -1.06. The minimum atomic E-state index is -1.66. The quantitative estimate of drug-likeness (QED) is 0.508. The van der Waals surface area contributed by atoms with Crippen molar-refractivity contribution in [1.82, 2.24) is 15.0 Å². The van der Waals surface area contributed by atoms with Crippen molar-refractivity contribution in [3.05, 3.63) is 67.4 Å².